The Balaban J connectivity index is 1.85. The predicted octanol–water partition coefficient (Wildman–Crippen LogP) is 1.81. The van der Waals surface area contributed by atoms with Crippen molar-refractivity contribution in [3.05, 3.63) is 48.3 Å². The number of sulfonamides is 1. The molecule has 1 atom stereocenters. The van der Waals surface area contributed by atoms with Crippen LogP contribution in [-0.2, 0) is 14.8 Å². The van der Waals surface area contributed by atoms with E-state index in [0.717, 1.165) is 0 Å². The van der Waals surface area contributed by atoms with Crippen LogP contribution < -0.4 is 15.8 Å². The van der Waals surface area contributed by atoms with E-state index >= 15 is 0 Å². The number of halogens is 1. The van der Waals surface area contributed by atoms with Crippen LogP contribution in [0.25, 0.3) is 11.1 Å². The second-order valence-corrected chi connectivity index (χ2v) is 7.49. The van der Waals surface area contributed by atoms with Gasteiger partial charge in [0.1, 0.15) is 11.9 Å². The molecule has 0 spiro atoms. The number of anilines is 1. The van der Waals surface area contributed by atoms with Crippen LogP contribution in [0.4, 0.5) is 14.9 Å². The maximum Gasteiger partial charge on any atom is 0.414 e. The third kappa shape index (κ3) is 3.69. The van der Waals surface area contributed by atoms with E-state index in [-0.39, 0.29) is 16.6 Å². The number of nitrogens with two attached hydrogens (primary N) is 2. The average Bonchev–Trinajstić information content (AvgIpc) is 2.95. The van der Waals surface area contributed by atoms with Crippen molar-refractivity contribution in [3.8, 4) is 11.1 Å². The lowest BCUT2D eigenvalue weighted by molar-refractivity contribution is 0.138. The van der Waals surface area contributed by atoms with E-state index in [0.29, 0.717) is 30.8 Å². The molecule has 1 fully saturated rings. The number of hydrogen-bond donors (Lipinski definition) is 2. The Morgan fingerprint density at radius 3 is 2.46 bits per heavy atom. The highest BCUT2D eigenvalue weighted by atomic mass is 32.2. The van der Waals surface area contributed by atoms with Gasteiger partial charge in [-0.15, -0.1) is 0 Å². The van der Waals surface area contributed by atoms with E-state index in [2.05, 4.69) is 0 Å². The number of amides is 1. The summed E-state index contributed by atoms with van der Waals surface area (Å²) in [5.74, 6) is -0.541. The quantitative estimate of drug-likeness (QED) is 0.822. The highest BCUT2D eigenvalue weighted by molar-refractivity contribution is 7.89. The number of rotatable bonds is 5. The smallest absolute Gasteiger partial charge is 0.414 e. The van der Waals surface area contributed by atoms with Gasteiger partial charge in [0.25, 0.3) is 0 Å². The minimum atomic E-state index is -3.81. The molecule has 0 bridgehead atoms. The molecule has 138 valence electrons. The van der Waals surface area contributed by atoms with Gasteiger partial charge in [0.05, 0.1) is 17.1 Å². The maximum absolute atomic E-state index is 14.6. The van der Waals surface area contributed by atoms with Crippen molar-refractivity contribution >= 4 is 21.8 Å². The minimum Gasteiger partial charge on any atom is -0.444 e. The number of cyclic esters (lactones) is 1. The molecule has 3 rings (SSSR count). The molecule has 0 unspecified atom stereocenters. The first-order valence-corrected chi connectivity index (χ1v) is 9.45. The summed E-state index contributed by atoms with van der Waals surface area (Å²) in [6.07, 6.45) is -0.298. The maximum atomic E-state index is 14.6. The molecule has 0 aliphatic carbocycles. The topological polar surface area (TPSA) is 116 Å². The third-order valence-corrected chi connectivity index (χ3v) is 5.05. The lowest BCUT2D eigenvalue weighted by Crippen LogP contribution is -2.25. The standard InChI is InChI=1S/C17H18FN3O4S/c18-16-9-12(21-10-13(7-8-19)25-17(21)22)3-6-15(16)11-1-4-14(5-2-11)26(20,23)24/h1-6,9,13H,7-8,10,19H2,(H2,20,23,24)/t13-/m0/s1. The zero-order valence-electron chi connectivity index (χ0n) is 13.8. The molecule has 0 radical (unpaired) electrons. The molecule has 2 aromatic rings. The van der Waals surface area contributed by atoms with Gasteiger partial charge in [-0.2, -0.15) is 0 Å². The lowest BCUT2D eigenvalue weighted by atomic mass is 10.0. The van der Waals surface area contributed by atoms with Crippen LogP contribution in [-0.4, -0.2) is 33.7 Å². The van der Waals surface area contributed by atoms with Crippen molar-refractivity contribution in [2.45, 2.75) is 17.4 Å². The Hall–Kier alpha value is -2.49. The van der Waals surface area contributed by atoms with E-state index in [1.165, 1.54) is 41.3 Å². The second-order valence-electron chi connectivity index (χ2n) is 5.93. The summed E-state index contributed by atoms with van der Waals surface area (Å²) < 4.78 is 42.3. The summed E-state index contributed by atoms with van der Waals surface area (Å²) in [6.45, 7) is 0.714. The van der Waals surface area contributed by atoms with Crippen LogP contribution in [0.5, 0.6) is 0 Å². The Bertz CT molecular complexity index is 932. The number of ether oxygens (including phenoxy) is 1. The molecule has 1 amide bonds. The minimum absolute atomic E-state index is 0.0518. The van der Waals surface area contributed by atoms with Gasteiger partial charge in [-0.05, 0) is 48.9 Å². The van der Waals surface area contributed by atoms with Crippen molar-refractivity contribution < 1.29 is 22.3 Å². The molecule has 0 saturated carbocycles. The van der Waals surface area contributed by atoms with E-state index in [1.54, 1.807) is 6.07 Å². The zero-order valence-corrected chi connectivity index (χ0v) is 14.6. The van der Waals surface area contributed by atoms with Crippen molar-refractivity contribution in [3.63, 3.8) is 0 Å². The fraction of sp³-hybridized carbons (Fsp3) is 0.235. The van der Waals surface area contributed by atoms with E-state index in [4.69, 9.17) is 15.6 Å². The van der Waals surface area contributed by atoms with Crippen LogP contribution in [0.15, 0.2) is 47.4 Å². The van der Waals surface area contributed by atoms with Crippen LogP contribution in [0.3, 0.4) is 0 Å². The number of benzene rings is 2. The summed E-state index contributed by atoms with van der Waals surface area (Å²) in [7, 11) is -3.81. The zero-order chi connectivity index (χ0) is 18.9. The first kappa shape index (κ1) is 18.3. The number of carbonyl (C=O) groups excluding carboxylic acids is 1. The van der Waals surface area contributed by atoms with Gasteiger partial charge in [0.2, 0.25) is 10.0 Å². The second kappa shape index (κ2) is 7.02. The van der Waals surface area contributed by atoms with Crippen molar-refractivity contribution in [2.24, 2.45) is 10.9 Å². The molecular formula is C17H18FN3O4S. The van der Waals surface area contributed by atoms with Crippen molar-refractivity contribution in [2.75, 3.05) is 18.0 Å². The van der Waals surface area contributed by atoms with Crippen LogP contribution in [0.1, 0.15) is 6.42 Å². The van der Waals surface area contributed by atoms with E-state index < -0.39 is 21.9 Å². The molecular weight excluding hydrogens is 361 g/mol. The van der Waals surface area contributed by atoms with Gasteiger partial charge < -0.3 is 10.5 Å². The number of nitrogens with zero attached hydrogens (tertiary/aromatic N) is 1. The van der Waals surface area contributed by atoms with Crippen LogP contribution >= 0.6 is 0 Å². The molecule has 26 heavy (non-hydrogen) atoms. The molecule has 1 aliphatic rings. The predicted molar refractivity (Wildman–Crippen MR) is 94.5 cm³/mol. The Morgan fingerprint density at radius 1 is 1.19 bits per heavy atom. The van der Waals surface area contributed by atoms with Crippen LogP contribution in [0.2, 0.25) is 0 Å². The first-order valence-electron chi connectivity index (χ1n) is 7.90. The van der Waals surface area contributed by atoms with Gasteiger partial charge in [0, 0.05) is 5.56 Å². The Labute approximate surface area is 150 Å². The SMILES string of the molecule is NCC[C@H]1CN(c2ccc(-c3ccc(S(N)(=O)=O)cc3)c(F)c2)C(=O)O1. The summed E-state index contributed by atoms with van der Waals surface area (Å²) in [5, 5.41) is 5.05. The van der Waals surface area contributed by atoms with Crippen LogP contribution in [0, 0.1) is 5.82 Å². The lowest BCUT2D eigenvalue weighted by Gasteiger charge is -2.14. The molecule has 7 nitrogen and oxygen atoms in total. The highest BCUT2D eigenvalue weighted by Crippen LogP contribution is 2.30. The Kier molecular flexibility index (Phi) is 4.94. The average molecular weight is 379 g/mol. The number of primary sulfonamides is 1. The number of carbonyl (C=O) groups is 1. The summed E-state index contributed by atoms with van der Waals surface area (Å²) in [5.41, 5.74) is 6.63. The number of hydrogen-bond acceptors (Lipinski definition) is 5. The van der Waals surface area contributed by atoms with Gasteiger partial charge in [-0.3, -0.25) is 4.90 Å². The van der Waals surface area contributed by atoms with Crippen molar-refractivity contribution in [1.82, 2.24) is 0 Å². The summed E-state index contributed by atoms with van der Waals surface area (Å²) in [6, 6.07) is 9.95. The molecule has 1 aliphatic heterocycles. The normalized spacial score (nSPS) is 17.4. The molecule has 1 saturated heterocycles. The Morgan fingerprint density at radius 2 is 1.88 bits per heavy atom. The largest absolute Gasteiger partial charge is 0.444 e. The summed E-state index contributed by atoms with van der Waals surface area (Å²) in [4.78, 5) is 13.2. The summed E-state index contributed by atoms with van der Waals surface area (Å²) >= 11 is 0. The molecule has 0 aromatic heterocycles. The highest BCUT2D eigenvalue weighted by Gasteiger charge is 2.32. The van der Waals surface area contributed by atoms with Gasteiger partial charge in [-0.1, -0.05) is 12.1 Å². The monoisotopic (exact) mass is 379 g/mol. The van der Waals surface area contributed by atoms with Crippen molar-refractivity contribution in [1.29, 1.82) is 0 Å². The molecule has 9 heteroatoms. The van der Waals surface area contributed by atoms with Gasteiger partial charge in [-0.25, -0.2) is 22.7 Å². The first-order chi connectivity index (χ1) is 12.3. The van der Waals surface area contributed by atoms with Gasteiger partial charge in [0.15, 0.2) is 0 Å². The molecule has 2 aromatic carbocycles. The molecule has 4 N–H and O–H groups in total. The van der Waals surface area contributed by atoms with E-state index in [9.17, 15) is 17.6 Å². The fourth-order valence-electron chi connectivity index (χ4n) is 2.80. The molecule has 1 heterocycles. The fourth-order valence-corrected chi connectivity index (χ4v) is 3.31. The van der Waals surface area contributed by atoms with E-state index in [1.807, 2.05) is 0 Å². The third-order valence-electron chi connectivity index (χ3n) is 4.12. The van der Waals surface area contributed by atoms with Gasteiger partial charge >= 0.3 is 6.09 Å².